The van der Waals surface area contributed by atoms with E-state index in [4.69, 9.17) is 4.74 Å². The molecule has 2 aliphatic carbocycles. The van der Waals surface area contributed by atoms with E-state index in [-0.39, 0.29) is 5.41 Å². The second-order valence-electron chi connectivity index (χ2n) is 18.0. The van der Waals surface area contributed by atoms with Gasteiger partial charge in [0.15, 0.2) is 0 Å². The predicted octanol–water partition coefficient (Wildman–Crippen LogP) is 16.4. The first-order valence-corrected chi connectivity index (χ1v) is 22.3. The monoisotopic (exact) mass is 817 g/mol. The number of ether oxygens (including phenoxy) is 1. The van der Waals surface area contributed by atoms with E-state index in [0.717, 1.165) is 39.7 Å². The Bertz CT molecular complexity index is 3450. The molecule has 0 unspecified atom stereocenters. The SMILES string of the molecule is CC1(C)c2cc(N(c3ccc(-c4ccccc4)cc3)c3ccc4c(c3)C3(c5ccccc5O4)c4ccccc4-c4ccccc43)ccc2-c2c(-c3ccccc3)ccc3cccc1c23. The average Bonchev–Trinajstić information content (AvgIpc) is 3.64. The van der Waals surface area contributed by atoms with E-state index in [9.17, 15) is 0 Å². The molecule has 0 saturated carbocycles. The molecule has 10 aromatic rings. The van der Waals surface area contributed by atoms with Gasteiger partial charge >= 0.3 is 0 Å². The lowest BCUT2D eigenvalue weighted by Gasteiger charge is -2.40. The maximum absolute atomic E-state index is 6.90. The van der Waals surface area contributed by atoms with Crippen molar-refractivity contribution in [1.29, 1.82) is 0 Å². The summed E-state index contributed by atoms with van der Waals surface area (Å²) in [7, 11) is 0. The quantitative estimate of drug-likeness (QED) is 0.172. The molecule has 10 aromatic carbocycles. The van der Waals surface area contributed by atoms with Gasteiger partial charge in [-0.3, -0.25) is 0 Å². The van der Waals surface area contributed by atoms with Crippen LogP contribution >= 0.6 is 0 Å². The van der Waals surface area contributed by atoms with Crippen LogP contribution in [0.3, 0.4) is 0 Å². The van der Waals surface area contributed by atoms with Crippen molar-refractivity contribution in [1.82, 2.24) is 0 Å². The van der Waals surface area contributed by atoms with Gasteiger partial charge in [-0.25, -0.2) is 0 Å². The number of nitrogens with zero attached hydrogens (tertiary/aromatic N) is 1. The second kappa shape index (κ2) is 13.8. The zero-order valence-corrected chi connectivity index (χ0v) is 35.7. The van der Waals surface area contributed by atoms with Gasteiger partial charge in [-0.15, -0.1) is 0 Å². The number of benzene rings is 10. The van der Waals surface area contributed by atoms with Crippen LogP contribution in [0, 0.1) is 0 Å². The zero-order chi connectivity index (χ0) is 42.6. The topological polar surface area (TPSA) is 12.5 Å². The minimum Gasteiger partial charge on any atom is -0.457 e. The minimum atomic E-state index is -0.579. The molecule has 0 atom stereocenters. The first-order valence-electron chi connectivity index (χ1n) is 22.3. The molecule has 1 aliphatic heterocycles. The lowest BCUT2D eigenvalue weighted by Crippen LogP contribution is -2.32. The first-order chi connectivity index (χ1) is 31.5. The summed E-state index contributed by atoms with van der Waals surface area (Å²) in [5.74, 6) is 1.77. The molecule has 0 aromatic heterocycles. The Morgan fingerprint density at radius 1 is 0.344 bits per heavy atom. The molecular formula is C62H43NO. The summed E-state index contributed by atoms with van der Waals surface area (Å²) in [6, 6.07) is 82.6. The largest absolute Gasteiger partial charge is 0.457 e. The van der Waals surface area contributed by atoms with Crippen molar-refractivity contribution >= 4 is 27.8 Å². The number of hydrogen-bond acceptors (Lipinski definition) is 2. The van der Waals surface area contributed by atoms with Crippen LogP contribution in [-0.4, -0.2) is 0 Å². The van der Waals surface area contributed by atoms with Gasteiger partial charge in [-0.2, -0.15) is 0 Å². The molecule has 0 saturated heterocycles. The molecule has 1 spiro atoms. The summed E-state index contributed by atoms with van der Waals surface area (Å²) in [4.78, 5) is 2.45. The third kappa shape index (κ3) is 5.14. The Balaban J connectivity index is 1.06. The van der Waals surface area contributed by atoms with Gasteiger partial charge in [0.25, 0.3) is 0 Å². The van der Waals surface area contributed by atoms with Crippen LogP contribution in [0.5, 0.6) is 11.5 Å². The van der Waals surface area contributed by atoms with Crippen LogP contribution in [0.15, 0.2) is 224 Å². The minimum absolute atomic E-state index is 0.273. The molecule has 2 heteroatoms. The maximum Gasteiger partial charge on any atom is 0.132 e. The predicted molar refractivity (Wildman–Crippen MR) is 264 cm³/mol. The van der Waals surface area contributed by atoms with Crippen LogP contribution in [-0.2, 0) is 10.8 Å². The molecule has 0 fully saturated rings. The maximum atomic E-state index is 6.90. The van der Waals surface area contributed by atoms with E-state index in [1.165, 1.54) is 77.5 Å². The summed E-state index contributed by atoms with van der Waals surface area (Å²) < 4.78 is 6.90. The van der Waals surface area contributed by atoms with E-state index in [0.29, 0.717) is 0 Å². The van der Waals surface area contributed by atoms with Crippen molar-refractivity contribution in [3.63, 3.8) is 0 Å². The van der Waals surface area contributed by atoms with Crippen molar-refractivity contribution in [2.75, 3.05) is 4.90 Å². The van der Waals surface area contributed by atoms with Crippen molar-refractivity contribution in [2.45, 2.75) is 24.7 Å². The van der Waals surface area contributed by atoms with E-state index >= 15 is 0 Å². The van der Waals surface area contributed by atoms with Crippen molar-refractivity contribution < 1.29 is 4.74 Å². The van der Waals surface area contributed by atoms with Crippen LogP contribution in [0.25, 0.3) is 55.3 Å². The Morgan fingerprint density at radius 3 is 1.59 bits per heavy atom. The number of hydrogen-bond donors (Lipinski definition) is 0. The molecule has 0 N–H and O–H groups in total. The van der Waals surface area contributed by atoms with Gasteiger partial charge in [0.2, 0.25) is 0 Å². The fourth-order valence-electron chi connectivity index (χ4n) is 11.5. The van der Waals surface area contributed by atoms with Crippen LogP contribution in [0.2, 0.25) is 0 Å². The summed E-state index contributed by atoms with van der Waals surface area (Å²) in [5, 5.41) is 2.62. The first kappa shape index (κ1) is 36.7. The molecule has 3 aliphatic rings. The molecular weight excluding hydrogens is 775 g/mol. The van der Waals surface area contributed by atoms with Gasteiger partial charge in [0.05, 0.1) is 5.41 Å². The van der Waals surface area contributed by atoms with E-state index in [2.05, 4.69) is 243 Å². The molecule has 13 rings (SSSR count). The number of rotatable bonds is 5. The highest BCUT2D eigenvalue weighted by Crippen LogP contribution is 2.63. The molecule has 302 valence electrons. The van der Waals surface area contributed by atoms with Crippen molar-refractivity contribution in [2.24, 2.45) is 0 Å². The average molecular weight is 818 g/mol. The number of anilines is 3. The zero-order valence-electron chi connectivity index (χ0n) is 35.7. The number of fused-ring (bicyclic) bond motifs is 11. The molecule has 0 amide bonds. The third-order valence-corrected chi connectivity index (χ3v) is 14.3. The molecule has 0 radical (unpaired) electrons. The van der Waals surface area contributed by atoms with Gasteiger partial charge in [0.1, 0.15) is 11.5 Å². The Labute approximate surface area is 374 Å². The normalized spacial score (nSPS) is 14.2. The Hall–Kier alpha value is -7.94. The summed E-state index contributed by atoms with van der Waals surface area (Å²) in [6.07, 6.45) is 0. The van der Waals surface area contributed by atoms with Gasteiger partial charge in [-0.1, -0.05) is 190 Å². The van der Waals surface area contributed by atoms with E-state index in [1.54, 1.807) is 0 Å². The molecule has 2 nitrogen and oxygen atoms in total. The Morgan fingerprint density at radius 2 is 0.875 bits per heavy atom. The highest BCUT2D eigenvalue weighted by molar-refractivity contribution is 6.09. The van der Waals surface area contributed by atoms with Gasteiger partial charge in [0, 0.05) is 33.6 Å². The fourth-order valence-corrected chi connectivity index (χ4v) is 11.5. The lowest BCUT2D eigenvalue weighted by molar-refractivity contribution is 0.436. The molecule has 0 bridgehead atoms. The third-order valence-electron chi connectivity index (χ3n) is 14.3. The van der Waals surface area contributed by atoms with Crippen LogP contribution < -0.4 is 9.64 Å². The summed E-state index contributed by atoms with van der Waals surface area (Å²) in [5.41, 5.74) is 19.9. The fraction of sp³-hybridized carbons (Fsp3) is 0.0645. The van der Waals surface area contributed by atoms with Crippen molar-refractivity contribution in [3.05, 3.63) is 258 Å². The van der Waals surface area contributed by atoms with Crippen LogP contribution in [0.4, 0.5) is 17.1 Å². The Kier molecular flexibility index (Phi) is 7.90. The highest BCUT2D eigenvalue weighted by Gasteiger charge is 2.51. The van der Waals surface area contributed by atoms with Gasteiger partial charge in [-0.05, 0) is 126 Å². The number of para-hydroxylation sites is 1. The second-order valence-corrected chi connectivity index (χ2v) is 18.0. The standard InChI is InChI=1S/C62H43NO/c1-61(2)54-26-15-20-43-30-35-47(42-18-7-4-8-19-42)60(59(43)54)50-36-33-45(38-55(50)61)63(44-31-28-41(29-32-44)40-16-5-3-6-17-40)46-34-37-58-56(39-46)62(53-25-13-14-27-57(53)64-58)51-23-11-9-21-48(51)49-22-10-12-24-52(49)62/h3-39H,1-2H3. The van der Waals surface area contributed by atoms with E-state index < -0.39 is 5.41 Å². The van der Waals surface area contributed by atoms with E-state index in [1.807, 2.05) is 0 Å². The van der Waals surface area contributed by atoms with Crippen molar-refractivity contribution in [3.8, 4) is 56.0 Å². The highest BCUT2D eigenvalue weighted by atomic mass is 16.5. The summed E-state index contributed by atoms with van der Waals surface area (Å²) in [6.45, 7) is 4.79. The molecule has 64 heavy (non-hydrogen) atoms. The van der Waals surface area contributed by atoms with Gasteiger partial charge < -0.3 is 9.64 Å². The lowest BCUT2D eigenvalue weighted by atomic mass is 9.66. The van der Waals surface area contributed by atoms with Crippen LogP contribution in [0.1, 0.15) is 47.2 Å². The molecule has 1 heterocycles. The smallest absolute Gasteiger partial charge is 0.132 e. The summed E-state index contributed by atoms with van der Waals surface area (Å²) >= 11 is 0.